The first-order valence-electron chi connectivity index (χ1n) is 6.90. The summed E-state index contributed by atoms with van der Waals surface area (Å²) < 4.78 is 3.67. The van der Waals surface area contributed by atoms with E-state index in [1.165, 1.54) is 29.2 Å². The van der Waals surface area contributed by atoms with Gasteiger partial charge in [0.25, 0.3) is 0 Å². The molecule has 1 fully saturated rings. The minimum absolute atomic E-state index is 0.363. The van der Waals surface area contributed by atoms with Crippen LogP contribution in [-0.2, 0) is 0 Å². The fourth-order valence-corrected chi connectivity index (χ4v) is 3.07. The molecule has 8 nitrogen and oxygen atoms in total. The molecule has 0 aromatic carbocycles. The molecule has 0 unspecified atom stereocenters. The zero-order valence-electron chi connectivity index (χ0n) is 11.7. The zero-order chi connectivity index (χ0) is 14.4. The molecule has 0 saturated heterocycles. The van der Waals surface area contributed by atoms with Gasteiger partial charge in [-0.2, -0.15) is 0 Å². The Kier molecular flexibility index (Phi) is 2.88. The molecule has 9 heteroatoms. The van der Waals surface area contributed by atoms with E-state index in [0.717, 1.165) is 16.0 Å². The Labute approximate surface area is 124 Å². The van der Waals surface area contributed by atoms with Crippen LogP contribution < -0.4 is 0 Å². The molecule has 1 aliphatic rings. The molecule has 3 aromatic heterocycles. The summed E-state index contributed by atoms with van der Waals surface area (Å²) >= 11 is 1.50. The number of hydrogen-bond acceptors (Lipinski definition) is 7. The maximum absolute atomic E-state index is 4.37. The zero-order valence-corrected chi connectivity index (χ0v) is 12.5. The van der Waals surface area contributed by atoms with Crippen LogP contribution in [0.5, 0.6) is 0 Å². The van der Waals surface area contributed by atoms with Gasteiger partial charge in [0.2, 0.25) is 0 Å². The molecule has 0 atom stereocenters. The predicted octanol–water partition coefficient (Wildman–Crippen LogP) is 1.72. The van der Waals surface area contributed by atoms with Crippen molar-refractivity contribution in [1.82, 2.24) is 40.0 Å². The molecule has 21 heavy (non-hydrogen) atoms. The summed E-state index contributed by atoms with van der Waals surface area (Å²) in [4.78, 5) is 0. The molecule has 3 heterocycles. The number of hydrogen-bond donors (Lipinski definition) is 0. The molecule has 1 aliphatic carbocycles. The Morgan fingerprint density at radius 3 is 2.81 bits per heavy atom. The topological polar surface area (TPSA) is 86.7 Å². The lowest BCUT2D eigenvalue weighted by molar-refractivity contribution is 0.598. The number of aromatic nitrogens is 8. The summed E-state index contributed by atoms with van der Waals surface area (Å²) in [6, 6.07) is 4.28. The van der Waals surface area contributed by atoms with Crippen molar-refractivity contribution in [2.75, 3.05) is 0 Å². The third-order valence-electron chi connectivity index (χ3n) is 3.36. The van der Waals surface area contributed by atoms with Gasteiger partial charge in [-0.25, -0.2) is 0 Å². The van der Waals surface area contributed by atoms with E-state index in [-0.39, 0.29) is 0 Å². The quantitative estimate of drug-likeness (QED) is 0.725. The molecule has 0 amide bonds. The van der Waals surface area contributed by atoms with Gasteiger partial charge in [0, 0.05) is 12.0 Å². The molecule has 4 rings (SSSR count). The third kappa shape index (κ3) is 2.27. The molecule has 1 saturated carbocycles. The standard InChI is InChI=1S/C12H14N8S/c1-7(2)11-14-15-12(19(11)8-3-4-8)21-10-6-5-9-13-17-18-20(9)16-10/h5-8H,3-4H2,1-2H3. The van der Waals surface area contributed by atoms with Crippen LogP contribution in [0.1, 0.15) is 44.5 Å². The van der Waals surface area contributed by atoms with Gasteiger partial charge in [0.1, 0.15) is 10.9 Å². The Morgan fingerprint density at radius 2 is 2.05 bits per heavy atom. The van der Waals surface area contributed by atoms with E-state index in [1.807, 2.05) is 12.1 Å². The van der Waals surface area contributed by atoms with Gasteiger partial charge in [-0.05, 0) is 47.2 Å². The van der Waals surface area contributed by atoms with Gasteiger partial charge in [-0.3, -0.25) is 0 Å². The SMILES string of the molecule is CC(C)c1nnc(Sc2ccc3nnnn3n2)n1C1CC1. The summed E-state index contributed by atoms with van der Waals surface area (Å²) in [6.45, 7) is 4.28. The normalized spacial score (nSPS) is 15.2. The molecule has 0 spiro atoms. The van der Waals surface area contributed by atoms with Crippen LogP contribution in [0.2, 0.25) is 0 Å². The van der Waals surface area contributed by atoms with Gasteiger partial charge in [0.15, 0.2) is 10.8 Å². The highest BCUT2D eigenvalue weighted by atomic mass is 32.2. The van der Waals surface area contributed by atoms with Gasteiger partial charge < -0.3 is 4.57 Å². The Bertz CT molecular complexity index is 788. The van der Waals surface area contributed by atoms with Crippen molar-refractivity contribution in [3.63, 3.8) is 0 Å². The van der Waals surface area contributed by atoms with Gasteiger partial charge in [-0.1, -0.05) is 13.8 Å². The van der Waals surface area contributed by atoms with Crippen LogP contribution in [-0.4, -0.2) is 40.0 Å². The first kappa shape index (κ1) is 12.7. The number of fused-ring (bicyclic) bond motifs is 1. The van der Waals surface area contributed by atoms with E-state index in [9.17, 15) is 0 Å². The summed E-state index contributed by atoms with van der Waals surface area (Å²) in [5, 5.41) is 26.0. The van der Waals surface area contributed by atoms with Crippen molar-refractivity contribution in [3.8, 4) is 0 Å². The average Bonchev–Trinajstić information content (AvgIpc) is 3.04. The maximum Gasteiger partial charge on any atom is 0.200 e. The maximum atomic E-state index is 4.37. The van der Waals surface area contributed by atoms with Crippen molar-refractivity contribution in [2.45, 2.75) is 48.8 Å². The second-order valence-electron chi connectivity index (χ2n) is 5.40. The summed E-state index contributed by atoms with van der Waals surface area (Å²) in [5.74, 6) is 1.41. The van der Waals surface area contributed by atoms with Crippen molar-refractivity contribution in [1.29, 1.82) is 0 Å². The molecule has 3 aromatic rings. The minimum Gasteiger partial charge on any atom is -0.302 e. The van der Waals surface area contributed by atoms with Crippen LogP contribution in [0.3, 0.4) is 0 Å². The third-order valence-corrected chi connectivity index (χ3v) is 4.25. The van der Waals surface area contributed by atoms with E-state index in [2.05, 4.69) is 49.2 Å². The van der Waals surface area contributed by atoms with Crippen LogP contribution in [0.4, 0.5) is 0 Å². The highest BCUT2D eigenvalue weighted by molar-refractivity contribution is 7.99. The van der Waals surface area contributed by atoms with Crippen molar-refractivity contribution < 1.29 is 0 Å². The molecular formula is C12H14N8S. The number of rotatable bonds is 4. The number of tetrazole rings is 1. The van der Waals surface area contributed by atoms with E-state index >= 15 is 0 Å². The van der Waals surface area contributed by atoms with Crippen molar-refractivity contribution in [2.24, 2.45) is 0 Å². The number of nitrogens with zero attached hydrogens (tertiary/aromatic N) is 8. The van der Waals surface area contributed by atoms with Gasteiger partial charge in [0.05, 0.1) is 0 Å². The fraction of sp³-hybridized carbons (Fsp3) is 0.500. The minimum atomic E-state index is 0.363. The van der Waals surface area contributed by atoms with Gasteiger partial charge in [-0.15, -0.1) is 25.0 Å². The largest absolute Gasteiger partial charge is 0.302 e. The van der Waals surface area contributed by atoms with E-state index in [0.29, 0.717) is 17.6 Å². The van der Waals surface area contributed by atoms with E-state index < -0.39 is 0 Å². The molecule has 108 valence electrons. The first-order valence-corrected chi connectivity index (χ1v) is 7.72. The summed E-state index contributed by atoms with van der Waals surface area (Å²) in [5.41, 5.74) is 0.630. The van der Waals surface area contributed by atoms with Crippen LogP contribution in [0.15, 0.2) is 22.3 Å². The Morgan fingerprint density at radius 1 is 1.19 bits per heavy atom. The monoisotopic (exact) mass is 302 g/mol. The fourth-order valence-electron chi connectivity index (χ4n) is 2.21. The highest BCUT2D eigenvalue weighted by Crippen LogP contribution is 2.41. The first-order chi connectivity index (χ1) is 10.2. The Hall–Kier alpha value is -2.03. The lowest BCUT2D eigenvalue weighted by Gasteiger charge is -2.10. The molecular weight excluding hydrogens is 288 g/mol. The van der Waals surface area contributed by atoms with E-state index in [4.69, 9.17) is 0 Å². The van der Waals surface area contributed by atoms with E-state index in [1.54, 1.807) is 0 Å². The average molecular weight is 302 g/mol. The summed E-state index contributed by atoms with van der Waals surface area (Å²) in [7, 11) is 0. The Balaban J connectivity index is 1.70. The predicted molar refractivity (Wildman–Crippen MR) is 75.1 cm³/mol. The lowest BCUT2D eigenvalue weighted by atomic mass is 10.2. The van der Waals surface area contributed by atoms with Crippen LogP contribution >= 0.6 is 11.8 Å². The molecule has 0 radical (unpaired) electrons. The van der Waals surface area contributed by atoms with Gasteiger partial charge >= 0.3 is 0 Å². The second kappa shape index (κ2) is 4.76. The highest BCUT2D eigenvalue weighted by Gasteiger charge is 2.30. The lowest BCUT2D eigenvalue weighted by Crippen LogP contribution is -2.05. The smallest absolute Gasteiger partial charge is 0.200 e. The molecule has 0 N–H and O–H groups in total. The van der Waals surface area contributed by atoms with Crippen molar-refractivity contribution >= 4 is 17.4 Å². The molecule has 0 bridgehead atoms. The van der Waals surface area contributed by atoms with Crippen LogP contribution in [0.25, 0.3) is 5.65 Å². The molecule has 0 aliphatic heterocycles. The second-order valence-corrected chi connectivity index (χ2v) is 6.38. The summed E-state index contributed by atoms with van der Waals surface area (Å²) in [6.07, 6.45) is 2.40. The van der Waals surface area contributed by atoms with Crippen molar-refractivity contribution in [3.05, 3.63) is 18.0 Å². The van der Waals surface area contributed by atoms with Crippen LogP contribution in [0, 0.1) is 0 Å².